The van der Waals surface area contributed by atoms with Gasteiger partial charge in [0.1, 0.15) is 0 Å². The van der Waals surface area contributed by atoms with Gasteiger partial charge in [0.15, 0.2) is 0 Å². The molecule has 1 unspecified atom stereocenters. The van der Waals surface area contributed by atoms with Gasteiger partial charge in [-0.15, -0.1) is 11.8 Å². The fraction of sp³-hybridized carbons (Fsp3) is 0.235. The normalized spacial score (nSPS) is 16.8. The van der Waals surface area contributed by atoms with Gasteiger partial charge in [-0.3, -0.25) is 4.79 Å². The largest absolute Gasteiger partial charge is 0.312 e. The fourth-order valence-corrected chi connectivity index (χ4v) is 3.82. The van der Waals surface area contributed by atoms with E-state index in [1.807, 2.05) is 54.3 Å². The zero-order chi connectivity index (χ0) is 13.9. The van der Waals surface area contributed by atoms with Gasteiger partial charge in [0.05, 0.1) is 5.25 Å². The molecule has 3 rings (SSSR count). The number of nitrogens with zero attached hydrogens (tertiary/aromatic N) is 1. The van der Waals surface area contributed by atoms with Crippen LogP contribution in [0.5, 0.6) is 0 Å². The second-order valence-electron chi connectivity index (χ2n) is 4.84. The minimum atomic E-state index is 0.00700. The molecule has 1 amide bonds. The fourth-order valence-electron chi connectivity index (χ4n) is 2.57. The standard InChI is InChI=1S/C17H17NOS/c1-2-18(14-9-4-3-5-10-14)17(19)16-12-13-8-6-7-11-15(13)20-16/h3-11,16H,2,12H2,1H3. The van der Waals surface area contributed by atoms with Crippen molar-refractivity contribution in [1.29, 1.82) is 0 Å². The summed E-state index contributed by atoms with van der Waals surface area (Å²) < 4.78 is 0. The van der Waals surface area contributed by atoms with Crippen molar-refractivity contribution in [2.24, 2.45) is 0 Å². The third kappa shape index (κ3) is 2.46. The molecule has 1 aliphatic rings. The van der Waals surface area contributed by atoms with Crippen LogP contribution in [-0.4, -0.2) is 17.7 Å². The van der Waals surface area contributed by atoms with Gasteiger partial charge in [-0.05, 0) is 37.1 Å². The van der Waals surface area contributed by atoms with E-state index in [9.17, 15) is 4.79 Å². The van der Waals surface area contributed by atoms with Crippen LogP contribution in [0.2, 0.25) is 0 Å². The van der Waals surface area contributed by atoms with E-state index in [0.29, 0.717) is 6.54 Å². The van der Waals surface area contributed by atoms with E-state index in [4.69, 9.17) is 0 Å². The predicted octanol–water partition coefficient (Wildman–Crippen LogP) is 3.76. The van der Waals surface area contributed by atoms with Crippen molar-refractivity contribution in [1.82, 2.24) is 0 Å². The number of carbonyl (C=O) groups excluding carboxylic acids is 1. The maximum atomic E-state index is 12.8. The van der Waals surface area contributed by atoms with Crippen molar-refractivity contribution in [2.45, 2.75) is 23.5 Å². The number of fused-ring (bicyclic) bond motifs is 1. The molecular formula is C17H17NOS. The molecule has 1 atom stereocenters. The molecule has 0 fully saturated rings. The monoisotopic (exact) mass is 283 g/mol. The molecule has 3 heteroatoms. The maximum absolute atomic E-state index is 12.8. The summed E-state index contributed by atoms with van der Waals surface area (Å²) >= 11 is 1.69. The van der Waals surface area contributed by atoms with E-state index in [1.54, 1.807) is 11.8 Å². The van der Waals surface area contributed by atoms with E-state index >= 15 is 0 Å². The minimum Gasteiger partial charge on any atom is -0.312 e. The molecule has 0 spiro atoms. The van der Waals surface area contributed by atoms with Gasteiger partial charge < -0.3 is 4.90 Å². The Morgan fingerprint density at radius 1 is 1.15 bits per heavy atom. The Balaban J connectivity index is 1.80. The Morgan fingerprint density at radius 3 is 2.55 bits per heavy atom. The van der Waals surface area contributed by atoms with Gasteiger partial charge in [0.25, 0.3) is 0 Å². The summed E-state index contributed by atoms with van der Waals surface area (Å²) in [6.07, 6.45) is 0.836. The molecule has 102 valence electrons. The van der Waals surface area contributed by atoms with Crippen molar-refractivity contribution in [3.05, 3.63) is 60.2 Å². The molecule has 1 aliphatic heterocycles. The molecular weight excluding hydrogens is 266 g/mol. The van der Waals surface area contributed by atoms with E-state index in [-0.39, 0.29) is 11.2 Å². The molecule has 0 aliphatic carbocycles. The van der Waals surface area contributed by atoms with Crippen LogP contribution >= 0.6 is 11.8 Å². The lowest BCUT2D eigenvalue weighted by Crippen LogP contribution is -2.37. The van der Waals surface area contributed by atoms with Gasteiger partial charge in [-0.25, -0.2) is 0 Å². The highest BCUT2D eigenvalue weighted by atomic mass is 32.2. The molecule has 0 saturated heterocycles. The first-order valence-corrected chi connectivity index (χ1v) is 7.78. The number of thioether (sulfide) groups is 1. The van der Waals surface area contributed by atoms with Crippen LogP contribution in [0.3, 0.4) is 0 Å². The number of benzene rings is 2. The maximum Gasteiger partial charge on any atom is 0.240 e. The van der Waals surface area contributed by atoms with E-state index in [1.165, 1.54) is 10.5 Å². The molecule has 2 nitrogen and oxygen atoms in total. The molecule has 0 aromatic heterocycles. The number of rotatable bonds is 3. The number of hydrogen-bond donors (Lipinski definition) is 0. The average Bonchev–Trinajstić information content (AvgIpc) is 2.93. The molecule has 1 heterocycles. The van der Waals surface area contributed by atoms with Crippen LogP contribution in [0, 0.1) is 0 Å². The lowest BCUT2D eigenvalue weighted by molar-refractivity contribution is -0.118. The van der Waals surface area contributed by atoms with Gasteiger partial charge in [0, 0.05) is 17.1 Å². The summed E-state index contributed by atoms with van der Waals surface area (Å²) in [6.45, 7) is 2.73. The summed E-state index contributed by atoms with van der Waals surface area (Å²) in [5.74, 6) is 0.208. The van der Waals surface area contributed by atoms with Gasteiger partial charge in [-0.1, -0.05) is 36.4 Å². The van der Waals surface area contributed by atoms with Crippen LogP contribution in [0.4, 0.5) is 5.69 Å². The zero-order valence-corrected chi connectivity index (χ0v) is 12.3. The smallest absolute Gasteiger partial charge is 0.240 e. The third-order valence-corrected chi connectivity index (χ3v) is 4.88. The summed E-state index contributed by atoms with van der Waals surface area (Å²) in [7, 11) is 0. The van der Waals surface area contributed by atoms with Crippen molar-refractivity contribution >= 4 is 23.4 Å². The van der Waals surface area contributed by atoms with Gasteiger partial charge >= 0.3 is 0 Å². The summed E-state index contributed by atoms with van der Waals surface area (Å²) in [5, 5.41) is 0.00700. The van der Waals surface area contributed by atoms with Crippen molar-refractivity contribution in [2.75, 3.05) is 11.4 Å². The highest BCUT2D eigenvalue weighted by molar-refractivity contribution is 8.01. The minimum absolute atomic E-state index is 0.00700. The van der Waals surface area contributed by atoms with Crippen molar-refractivity contribution in [3.8, 4) is 0 Å². The molecule has 0 bridgehead atoms. The number of amides is 1. The Morgan fingerprint density at radius 2 is 1.85 bits per heavy atom. The first-order chi connectivity index (χ1) is 9.79. The zero-order valence-electron chi connectivity index (χ0n) is 11.5. The summed E-state index contributed by atoms with van der Waals surface area (Å²) in [5.41, 5.74) is 2.27. The van der Waals surface area contributed by atoms with E-state index in [0.717, 1.165) is 12.1 Å². The Kier molecular flexibility index (Phi) is 3.79. The van der Waals surface area contributed by atoms with Crippen LogP contribution in [0.15, 0.2) is 59.5 Å². The first-order valence-electron chi connectivity index (χ1n) is 6.90. The Bertz CT molecular complexity index is 586. The number of carbonyl (C=O) groups is 1. The molecule has 0 radical (unpaired) electrons. The second kappa shape index (κ2) is 5.71. The Hall–Kier alpha value is -1.74. The molecule has 0 N–H and O–H groups in total. The molecule has 2 aromatic carbocycles. The number of hydrogen-bond acceptors (Lipinski definition) is 2. The predicted molar refractivity (Wildman–Crippen MR) is 84.3 cm³/mol. The van der Waals surface area contributed by atoms with E-state index < -0.39 is 0 Å². The van der Waals surface area contributed by atoms with Gasteiger partial charge in [0.2, 0.25) is 5.91 Å². The van der Waals surface area contributed by atoms with Crippen LogP contribution < -0.4 is 4.90 Å². The second-order valence-corrected chi connectivity index (χ2v) is 6.08. The topological polar surface area (TPSA) is 20.3 Å². The summed E-state index contributed by atoms with van der Waals surface area (Å²) in [6, 6.07) is 18.2. The quantitative estimate of drug-likeness (QED) is 0.855. The molecule has 20 heavy (non-hydrogen) atoms. The number of para-hydroxylation sites is 1. The summed E-state index contributed by atoms with van der Waals surface area (Å²) in [4.78, 5) is 15.9. The molecule has 0 saturated carbocycles. The highest BCUT2D eigenvalue weighted by Crippen LogP contribution is 2.38. The highest BCUT2D eigenvalue weighted by Gasteiger charge is 2.31. The number of anilines is 1. The van der Waals surface area contributed by atoms with Crippen molar-refractivity contribution in [3.63, 3.8) is 0 Å². The van der Waals surface area contributed by atoms with Gasteiger partial charge in [-0.2, -0.15) is 0 Å². The molecule has 2 aromatic rings. The lowest BCUT2D eigenvalue weighted by Gasteiger charge is -2.23. The average molecular weight is 283 g/mol. The Labute approximate surface area is 123 Å². The lowest BCUT2D eigenvalue weighted by atomic mass is 10.1. The van der Waals surface area contributed by atoms with Crippen LogP contribution in [0.1, 0.15) is 12.5 Å². The SMILES string of the molecule is CCN(C(=O)C1Cc2ccccc2S1)c1ccccc1. The first kappa shape index (κ1) is 13.3. The van der Waals surface area contributed by atoms with Crippen molar-refractivity contribution < 1.29 is 4.79 Å². The van der Waals surface area contributed by atoms with E-state index in [2.05, 4.69) is 12.1 Å². The van der Waals surface area contributed by atoms with Crippen LogP contribution in [-0.2, 0) is 11.2 Å². The third-order valence-electron chi connectivity index (χ3n) is 3.57. The van der Waals surface area contributed by atoms with Crippen LogP contribution in [0.25, 0.3) is 0 Å².